The topological polar surface area (TPSA) is 77.3 Å². The van der Waals surface area contributed by atoms with E-state index in [-0.39, 0.29) is 21.3 Å². The average molecular weight is 570 g/mol. The van der Waals surface area contributed by atoms with E-state index in [1.54, 1.807) is 19.4 Å². The highest BCUT2D eigenvalue weighted by atomic mass is 35.5. The molecule has 208 valence electrons. The van der Waals surface area contributed by atoms with E-state index in [0.717, 1.165) is 31.6 Å². The van der Waals surface area contributed by atoms with Crippen LogP contribution in [-0.4, -0.2) is 101 Å². The first kappa shape index (κ1) is 29.9. The highest BCUT2D eigenvalue weighted by molar-refractivity contribution is 6.68. The molecule has 0 unspecified atom stereocenters. The van der Waals surface area contributed by atoms with Gasteiger partial charge in [-0.2, -0.15) is 4.98 Å². The van der Waals surface area contributed by atoms with Gasteiger partial charge in [0.1, 0.15) is 19.4 Å². The number of anilines is 2. The maximum absolute atomic E-state index is 13.9. The van der Waals surface area contributed by atoms with Crippen molar-refractivity contribution < 1.29 is 13.9 Å². The molecule has 2 aromatic heterocycles. The van der Waals surface area contributed by atoms with Crippen molar-refractivity contribution in [2.75, 3.05) is 30.4 Å². The highest BCUT2D eigenvalue weighted by Crippen LogP contribution is 2.48. The van der Waals surface area contributed by atoms with Crippen molar-refractivity contribution >= 4 is 78.2 Å². The fourth-order valence-electron chi connectivity index (χ4n) is 6.65. The van der Waals surface area contributed by atoms with Gasteiger partial charge in [-0.3, -0.25) is 0 Å². The number of aromatic nitrogens is 4. The predicted octanol–water partition coefficient (Wildman–Crippen LogP) is -2.17. The number of pyridine rings is 1. The van der Waals surface area contributed by atoms with Crippen molar-refractivity contribution in [2.24, 2.45) is 11.8 Å². The molecule has 1 saturated heterocycles. The number of ether oxygens (including phenoxy) is 2. The van der Waals surface area contributed by atoms with Gasteiger partial charge in [-0.15, -0.1) is 5.10 Å². The molecule has 0 amide bonds. The van der Waals surface area contributed by atoms with Gasteiger partial charge >= 0.3 is 6.01 Å². The van der Waals surface area contributed by atoms with Gasteiger partial charge in [0.25, 0.3) is 0 Å². The second-order valence-electron chi connectivity index (χ2n) is 13.6. The highest BCUT2D eigenvalue weighted by Gasteiger charge is 2.50. The first-order chi connectivity index (χ1) is 19.2. The molecule has 1 aliphatic heterocycles. The first-order valence-electron chi connectivity index (χ1n) is 14.3. The van der Waals surface area contributed by atoms with Gasteiger partial charge in [0.2, 0.25) is 11.8 Å². The Morgan fingerprint density at radius 3 is 2.24 bits per heavy atom. The van der Waals surface area contributed by atoms with Crippen LogP contribution >= 0.6 is 11.6 Å². The molecule has 17 heteroatoms. The van der Waals surface area contributed by atoms with Crippen molar-refractivity contribution in [3.05, 3.63) is 47.4 Å². The van der Waals surface area contributed by atoms with Crippen LogP contribution in [0, 0.1) is 17.7 Å². The third-order valence-corrected chi connectivity index (χ3v) is 9.73. The van der Waals surface area contributed by atoms with Crippen LogP contribution in [0.2, 0.25) is 15.2 Å². The van der Waals surface area contributed by atoms with E-state index in [0.29, 0.717) is 35.4 Å². The van der Waals surface area contributed by atoms with Gasteiger partial charge in [-0.25, -0.2) is 14.1 Å². The molecule has 1 aliphatic carbocycles. The SMILES string of the molecule is BC(B)(B)C(B)(n1nc(N[C@@H]2[C@@H]3CC[C@H]2CN(c2ccnc(OC)c2)C3)nc1Oc1ccc(F)c(Cl)c1)C(B)(B)B. The molecule has 3 aromatic rings. The lowest BCUT2D eigenvalue weighted by molar-refractivity contribution is 0.317. The second kappa shape index (κ2) is 10.9. The molecular formula is C24H35B7ClFN6O2. The third-order valence-electron chi connectivity index (χ3n) is 9.44. The zero-order valence-corrected chi connectivity index (χ0v) is 26.1. The number of halogens is 2. The van der Waals surface area contributed by atoms with E-state index in [9.17, 15) is 4.39 Å². The lowest BCUT2D eigenvalue weighted by atomic mass is 9.18. The molecule has 41 heavy (non-hydrogen) atoms. The number of fused-ring (bicyclic) bond motifs is 2. The number of benzene rings is 1. The molecule has 1 N–H and O–H groups in total. The van der Waals surface area contributed by atoms with Crippen LogP contribution in [0.5, 0.6) is 17.6 Å². The molecular weight excluding hydrogens is 534 g/mol. The second-order valence-corrected chi connectivity index (χ2v) is 14.0. The van der Waals surface area contributed by atoms with Gasteiger partial charge in [0, 0.05) is 48.6 Å². The zero-order chi connectivity index (χ0) is 29.7. The predicted molar refractivity (Wildman–Crippen MR) is 181 cm³/mol. The van der Waals surface area contributed by atoms with Gasteiger partial charge in [0.05, 0.1) is 59.2 Å². The number of methoxy groups -OCH3 is 1. The Kier molecular flexibility index (Phi) is 7.94. The molecule has 2 aliphatic rings. The number of nitrogens with zero attached hydrogens (tertiary/aromatic N) is 5. The van der Waals surface area contributed by atoms with Crippen LogP contribution in [-0.2, 0) is 5.44 Å². The molecule has 3 atom stereocenters. The minimum Gasteiger partial charge on any atom is -0.481 e. The van der Waals surface area contributed by atoms with E-state index < -0.39 is 11.3 Å². The summed E-state index contributed by atoms with van der Waals surface area (Å²) in [4.78, 5) is 11.6. The van der Waals surface area contributed by atoms with Crippen LogP contribution in [0.4, 0.5) is 16.0 Å². The fraction of sp³-hybridized carbons (Fsp3) is 0.458. The zero-order valence-electron chi connectivity index (χ0n) is 25.3. The number of rotatable bonds is 9. The standard InChI is InChI=1S/C24H35B7ClFN6O2/c1-40-18-8-14(6-7-34-18)38-10-12-2-3-13(11-38)19(12)35-20-36-21(41-15-4-5-17(33)16(32)9-15)39(37-20)22(25,23(26,27)28)24(29,30)31/h4-9,12-13,19H,2-3,10-11,25-31H2,1H3,(H,35,37)/t12-,13+,19-. The third kappa shape index (κ3) is 5.60. The van der Waals surface area contributed by atoms with E-state index >= 15 is 0 Å². The quantitative estimate of drug-likeness (QED) is 0.294. The Morgan fingerprint density at radius 1 is 1.00 bits per heavy atom. The summed E-state index contributed by atoms with van der Waals surface area (Å²) in [6.07, 6.45) is 4.08. The molecule has 1 saturated carbocycles. The fourth-order valence-corrected chi connectivity index (χ4v) is 6.82. The summed E-state index contributed by atoms with van der Waals surface area (Å²) >= 11 is 6.08. The molecule has 3 heterocycles. The van der Waals surface area contributed by atoms with Crippen LogP contribution in [0.1, 0.15) is 12.8 Å². The summed E-state index contributed by atoms with van der Waals surface area (Å²) in [6.45, 7) is 1.86. The van der Waals surface area contributed by atoms with Crippen molar-refractivity contribution in [1.29, 1.82) is 0 Å². The lowest BCUT2D eigenvalue weighted by Crippen LogP contribution is -2.57. The summed E-state index contributed by atoms with van der Waals surface area (Å²) in [5, 5.41) is 8.36. The molecule has 1 aromatic carbocycles. The number of hydrogen-bond acceptors (Lipinski definition) is 7. The molecule has 5 rings (SSSR count). The van der Waals surface area contributed by atoms with Gasteiger partial charge in [-0.05, 0) is 42.9 Å². The van der Waals surface area contributed by atoms with E-state index in [1.807, 2.05) is 16.8 Å². The summed E-state index contributed by atoms with van der Waals surface area (Å²) in [7, 11) is 17.1. The maximum atomic E-state index is 13.9. The minimum atomic E-state index is -0.496. The van der Waals surface area contributed by atoms with E-state index in [2.05, 4.69) is 70.1 Å². The maximum Gasteiger partial charge on any atom is 0.321 e. The van der Waals surface area contributed by atoms with E-state index in [4.69, 9.17) is 31.2 Å². The lowest BCUT2D eigenvalue weighted by Gasteiger charge is -2.52. The number of piperidine rings is 1. The largest absolute Gasteiger partial charge is 0.481 e. The van der Waals surface area contributed by atoms with Gasteiger partial charge < -0.3 is 19.7 Å². The van der Waals surface area contributed by atoms with Crippen molar-refractivity contribution in [1.82, 2.24) is 19.7 Å². The van der Waals surface area contributed by atoms with Crippen molar-refractivity contribution in [2.45, 2.75) is 34.5 Å². The first-order valence-corrected chi connectivity index (χ1v) is 14.7. The van der Waals surface area contributed by atoms with Crippen LogP contribution in [0.15, 0.2) is 36.5 Å². The number of nitrogens with one attached hydrogen (secondary N) is 1. The summed E-state index contributed by atoms with van der Waals surface area (Å²) < 4.78 is 27.4. The van der Waals surface area contributed by atoms with Crippen molar-refractivity contribution in [3.63, 3.8) is 0 Å². The van der Waals surface area contributed by atoms with Crippen LogP contribution < -0.4 is 19.7 Å². The van der Waals surface area contributed by atoms with Crippen LogP contribution in [0.25, 0.3) is 0 Å². The minimum absolute atomic E-state index is 0.00327. The Bertz CT molecular complexity index is 1390. The Balaban J connectivity index is 1.46. The Labute approximate surface area is 253 Å². The van der Waals surface area contributed by atoms with Gasteiger partial charge in [0.15, 0.2) is 0 Å². The Hall–Kier alpha value is -2.62. The summed E-state index contributed by atoms with van der Waals surface area (Å²) in [5.74, 6) is 1.95. The van der Waals surface area contributed by atoms with Crippen molar-refractivity contribution in [3.8, 4) is 17.6 Å². The number of hydrogen-bond donors (Lipinski definition) is 1. The molecule has 0 spiro atoms. The summed E-state index contributed by atoms with van der Waals surface area (Å²) in [5.41, 5.74) is 0.642. The van der Waals surface area contributed by atoms with Gasteiger partial charge in [-0.1, -0.05) is 21.8 Å². The summed E-state index contributed by atoms with van der Waals surface area (Å²) in [6, 6.07) is 8.96. The molecule has 0 radical (unpaired) electrons. The molecule has 2 bridgehead atoms. The normalized spacial score (nSPS) is 21.0. The average Bonchev–Trinajstić information content (AvgIpc) is 3.39. The monoisotopic (exact) mass is 570 g/mol. The Morgan fingerprint density at radius 2 is 1.66 bits per heavy atom. The molecule has 8 nitrogen and oxygen atoms in total. The van der Waals surface area contributed by atoms with Crippen LogP contribution in [0.3, 0.4) is 0 Å². The molecule has 2 fully saturated rings. The smallest absolute Gasteiger partial charge is 0.321 e. The van der Waals surface area contributed by atoms with E-state index in [1.165, 1.54) is 12.1 Å².